The molecule has 0 aromatic carbocycles. The number of thiophene rings is 1. The monoisotopic (exact) mass is 267 g/mol. The van der Waals surface area contributed by atoms with Crippen LogP contribution in [0.4, 0.5) is 0 Å². The van der Waals surface area contributed by atoms with Crippen molar-refractivity contribution in [2.24, 2.45) is 11.8 Å². The molecule has 2 rings (SSSR count). The maximum absolute atomic E-state index is 5.98. The lowest BCUT2D eigenvalue weighted by Gasteiger charge is -2.31. The molecule has 18 heavy (non-hydrogen) atoms. The lowest BCUT2D eigenvalue weighted by Crippen LogP contribution is -2.29. The zero-order valence-electron chi connectivity index (χ0n) is 11.5. The Bertz CT molecular complexity index is 315. The second-order valence-corrected chi connectivity index (χ2v) is 6.70. The highest BCUT2D eigenvalue weighted by atomic mass is 32.1. The highest BCUT2D eigenvalue weighted by Crippen LogP contribution is 2.30. The Morgan fingerprint density at radius 2 is 2.06 bits per heavy atom. The molecule has 0 saturated heterocycles. The van der Waals surface area contributed by atoms with Crippen LogP contribution in [-0.2, 0) is 11.3 Å². The second kappa shape index (κ2) is 7.27. The van der Waals surface area contributed by atoms with Crippen molar-refractivity contribution in [3.05, 3.63) is 22.4 Å². The van der Waals surface area contributed by atoms with E-state index in [-0.39, 0.29) is 0 Å². The Balaban J connectivity index is 1.55. The summed E-state index contributed by atoms with van der Waals surface area (Å²) in [5.74, 6) is 1.66. The van der Waals surface area contributed by atoms with E-state index in [0.29, 0.717) is 6.10 Å². The minimum Gasteiger partial charge on any atom is -0.377 e. The van der Waals surface area contributed by atoms with Gasteiger partial charge < -0.3 is 10.1 Å². The molecule has 1 fully saturated rings. The highest BCUT2D eigenvalue weighted by molar-refractivity contribution is 7.09. The molecule has 2 unspecified atom stereocenters. The minimum atomic E-state index is 0.493. The first-order valence-corrected chi connectivity index (χ1v) is 7.96. The fourth-order valence-electron chi connectivity index (χ4n) is 2.93. The average molecular weight is 267 g/mol. The molecule has 1 N–H and O–H groups in total. The maximum atomic E-state index is 5.98. The fraction of sp³-hybridized carbons (Fsp3) is 0.733. The van der Waals surface area contributed by atoms with Gasteiger partial charge in [0.15, 0.2) is 0 Å². The van der Waals surface area contributed by atoms with Gasteiger partial charge in [0.05, 0.1) is 12.7 Å². The second-order valence-electron chi connectivity index (χ2n) is 5.67. The zero-order chi connectivity index (χ0) is 12.8. The molecule has 1 aliphatic rings. The fourth-order valence-corrected chi connectivity index (χ4v) is 3.61. The van der Waals surface area contributed by atoms with E-state index in [1.807, 2.05) is 0 Å². The van der Waals surface area contributed by atoms with Crippen molar-refractivity contribution in [3.63, 3.8) is 0 Å². The summed E-state index contributed by atoms with van der Waals surface area (Å²) >= 11 is 1.81. The molecule has 0 amide bonds. The van der Waals surface area contributed by atoms with Gasteiger partial charge in [-0.2, -0.15) is 0 Å². The maximum Gasteiger partial charge on any atom is 0.0594 e. The van der Waals surface area contributed by atoms with Crippen LogP contribution in [0.1, 0.15) is 38.0 Å². The van der Waals surface area contributed by atoms with Crippen LogP contribution in [0.3, 0.4) is 0 Å². The van der Waals surface area contributed by atoms with Gasteiger partial charge in [-0.3, -0.25) is 0 Å². The summed E-state index contributed by atoms with van der Waals surface area (Å²) in [4.78, 5) is 1.40. The molecule has 1 aromatic heterocycles. The summed E-state index contributed by atoms with van der Waals surface area (Å²) < 4.78 is 5.98. The van der Waals surface area contributed by atoms with Crippen LogP contribution in [0.15, 0.2) is 17.5 Å². The van der Waals surface area contributed by atoms with E-state index in [1.54, 1.807) is 11.3 Å². The average Bonchev–Trinajstić information content (AvgIpc) is 2.80. The molecule has 2 nitrogen and oxygen atoms in total. The Morgan fingerprint density at radius 3 is 2.72 bits per heavy atom. The molecule has 102 valence electrons. The lowest BCUT2D eigenvalue weighted by atomic mass is 9.82. The topological polar surface area (TPSA) is 21.3 Å². The summed E-state index contributed by atoms with van der Waals surface area (Å²) in [7, 11) is 0. The molecular formula is C15H25NOS. The molecule has 1 heterocycles. The number of hydrogen-bond acceptors (Lipinski definition) is 3. The molecule has 0 radical (unpaired) electrons. The molecule has 2 atom stereocenters. The Kier molecular flexibility index (Phi) is 5.67. The van der Waals surface area contributed by atoms with Gasteiger partial charge in [0.25, 0.3) is 0 Å². The molecule has 0 spiro atoms. The zero-order valence-corrected chi connectivity index (χ0v) is 12.3. The summed E-state index contributed by atoms with van der Waals surface area (Å²) in [6.45, 7) is 7.47. The number of hydrogen-bond donors (Lipinski definition) is 1. The molecule has 1 aromatic rings. The van der Waals surface area contributed by atoms with Crippen LogP contribution >= 0.6 is 11.3 Å². The van der Waals surface area contributed by atoms with Crippen molar-refractivity contribution in [1.29, 1.82) is 0 Å². The van der Waals surface area contributed by atoms with Gasteiger partial charge in [-0.15, -0.1) is 11.3 Å². The smallest absolute Gasteiger partial charge is 0.0594 e. The third kappa shape index (κ3) is 4.71. The van der Waals surface area contributed by atoms with Gasteiger partial charge >= 0.3 is 0 Å². The van der Waals surface area contributed by atoms with Crippen LogP contribution in [0.2, 0.25) is 0 Å². The number of nitrogens with one attached hydrogen (secondary N) is 1. The van der Waals surface area contributed by atoms with Gasteiger partial charge in [-0.25, -0.2) is 0 Å². The summed E-state index contributed by atoms with van der Waals surface area (Å²) in [5.41, 5.74) is 0. The molecular weight excluding hydrogens is 242 g/mol. The van der Waals surface area contributed by atoms with Crippen molar-refractivity contribution in [3.8, 4) is 0 Å². The highest BCUT2D eigenvalue weighted by Gasteiger charge is 2.23. The Labute approximate surface area is 115 Å². The summed E-state index contributed by atoms with van der Waals surface area (Å²) in [6, 6.07) is 4.27. The predicted octanol–water partition coefficient (Wildman–Crippen LogP) is 3.68. The summed E-state index contributed by atoms with van der Waals surface area (Å²) in [6.07, 6.45) is 4.35. The summed E-state index contributed by atoms with van der Waals surface area (Å²) in [5, 5.41) is 5.56. The Morgan fingerprint density at radius 1 is 1.28 bits per heavy atom. The van der Waals surface area contributed by atoms with E-state index in [2.05, 4.69) is 36.7 Å². The Hall–Kier alpha value is -0.380. The van der Waals surface area contributed by atoms with Gasteiger partial charge in [0, 0.05) is 18.0 Å². The molecule has 0 bridgehead atoms. The predicted molar refractivity (Wildman–Crippen MR) is 77.9 cm³/mol. The van der Waals surface area contributed by atoms with Gasteiger partial charge in [0.1, 0.15) is 0 Å². The SMILES string of the molecule is CC1CC(C)CC(OCCNCc2cccs2)C1. The van der Waals surface area contributed by atoms with Crippen molar-refractivity contribution in [2.45, 2.75) is 45.8 Å². The van der Waals surface area contributed by atoms with Crippen LogP contribution in [0.5, 0.6) is 0 Å². The normalized spacial score (nSPS) is 28.4. The first kappa shape index (κ1) is 14.0. The van der Waals surface area contributed by atoms with Crippen molar-refractivity contribution in [2.75, 3.05) is 13.2 Å². The van der Waals surface area contributed by atoms with E-state index in [4.69, 9.17) is 4.74 Å². The van der Waals surface area contributed by atoms with Crippen molar-refractivity contribution >= 4 is 11.3 Å². The quantitative estimate of drug-likeness (QED) is 0.794. The van der Waals surface area contributed by atoms with Crippen LogP contribution in [0, 0.1) is 11.8 Å². The van der Waals surface area contributed by atoms with Crippen LogP contribution in [-0.4, -0.2) is 19.3 Å². The largest absolute Gasteiger partial charge is 0.377 e. The van der Waals surface area contributed by atoms with Crippen LogP contribution < -0.4 is 5.32 Å². The van der Waals surface area contributed by atoms with Gasteiger partial charge in [0.2, 0.25) is 0 Å². The van der Waals surface area contributed by atoms with E-state index in [9.17, 15) is 0 Å². The van der Waals surface area contributed by atoms with E-state index < -0.39 is 0 Å². The molecule has 1 saturated carbocycles. The third-order valence-corrected chi connectivity index (χ3v) is 4.52. The standard InChI is InChI=1S/C15H25NOS/c1-12-8-13(2)10-14(9-12)17-6-5-16-11-15-4-3-7-18-15/h3-4,7,12-14,16H,5-6,8-11H2,1-2H3. The molecule has 3 heteroatoms. The van der Waals surface area contributed by atoms with E-state index in [0.717, 1.165) is 31.5 Å². The van der Waals surface area contributed by atoms with Crippen LogP contribution in [0.25, 0.3) is 0 Å². The first-order valence-electron chi connectivity index (χ1n) is 7.08. The molecule has 1 aliphatic carbocycles. The number of rotatable bonds is 6. The minimum absolute atomic E-state index is 0.493. The van der Waals surface area contributed by atoms with Gasteiger partial charge in [-0.1, -0.05) is 19.9 Å². The molecule has 0 aliphatic heterocycles. The third-order valence-electron chi connectivity index (χ3n) is 3.65. The van der Waals surface area contributed by atoms with Crippen molar-refractivity contribution < 1.29 is 4.74 Å². The van der Waals surface area contributed by atoms with Gasteiger partial charge in [-0.05, 0) is 42.5 Å². The van der Waals surface area contributed by atoms with E-state index >= 15 is 0 Å². The van der Waals surface area contributed by atoms with Crippen molar-refractivity contribution in [1.82, 2.24) is 5.32 Å². The number of ether oxygens (including phenoxy) is 1. The lowest BCUT2D eigenvalue weighted by molar-refractivity contribution is 0.00265. The first-order chi connectivity index (χ1) is 8.74. The van der Waals surface area contributed by atoms with E-state index in [1.165, 1.54) is 24.1 Å².